The molecule has 1 saturated carbocycles. The van der Waals surface area contributed by atoms with Gasteiger partial charge in [-0.15, -0.1) is 0 Å². The zero-order chi connectivity index (χ0) is 15.0. The minimum absolute atomic E-state index is 0.0792. The van der Waals surface area contributed by atoms with Gasteiger partial charge in [-0.1, -0.05) is 6.07 Å². The molecule has 6 nitrogen and oxygen atoms in total. The molecule has 2 atom stereocenters. The normalized spacial score (nSPS) is 21.6. The molecule has 1 aliphatic rings. The third kappa shape index (κ3) is 2.61. The van der Waals surface area contributed by atoms with Gasteiger partial charge in [0.25, 0.3) is 5.91 Å². The molecule has 21 heavy (non-hydrogen) atoms. The Labute approximate surface area is 121 Å². The standard InChI is InChI=1S/C15H17N3O3/c1-9-3-2-4-13-17-12(8-18(9)13)14(19)16-11-6-5-10(7-11)15(20)21/h2-4,8,10-11H,5-7H2,1H3,(H,16,19)(H,20,21)/t10-,11+/m1/s1. The molecule has 0 aromatic carbocycles. The fourth-order valence-corrected chi connectivity index (χ4v) is 2.85. The van der Waals surface area contributed by atoms with Crippen LogP contribution >= 0.6 is 0 Å². The van der Waals surface area contributed by atoms with Crippen molar-refractivity contribution in [3.63, 3.8) is 0 Å². The number of imidazole rings is 1. The summed E-state index contributed by atoms with van der Waals surface area (Å²) in [6.45, 7) is 1.95. The van der Waals surface area contributed by atoms with Gasteiger partial charge in [-0.05, 0) is 38.3 Å². The quantitative estimate of drug-likeness (QED) is 0.898. The van der Waals surface area contributed by atoms with Crippen LogP contribution in [0.1, 0.15) is 35.4 Å². The summed E-state index contributed by atoms with van der Waals surface area (Å²) in [4.78, 5) is 27.5. The fraction of sp³-hybridized carbons (Fsp3) is 0.400. The Morgan fingerprint density at radius 1 is 1.38 bits per heavy atom. The molecule has 0 saturated heterocycles. The number of fused-ring (bicyclic) bond motifs is 1. The lowest BCUT2D eigenvalue weighted by molar-refractivity contribution is -0.141. The van der Waals surface area contributed by atoms with Crippen molar-refractivity contribution >= 4 is 17.5 Å². The maximum atomic E-state index is 12.2. The lowest BCUT2D eigenvalue weighted by Gasteiger charge is -2.10. The van der Waals surface area contributed by atoms with Crippen LogP contribution in [0.3, 0.4) is 0 Å². The third-order valence-corrected chi connectivity index (χ3v) is 4.05. The summed E-state index contributed by atoms with van der Waals surface area (Å²) in [5.74, 6) is -1.37. The van der Waals surface area contributed by atoms with Gasteiger partial charge in [0.05, 0.1) is 5.92 Å². The fourth-order valence-electron chi connectivity index (χ4n) is 2.85. The average Bonchev–Trinajstić information content (AvgIpc) is 3.05. The molecule has 2 aromatic rings. The highest BCUT2D eigenvalue weighted by Gasteiger charge is 2.31. The summed E-state index contributed by atoms with van der Waals surface area (Å²) < 4.78 is 1.86. The number of carboxylic acid groups (broad SMARTS) is 1. The predicted molar refractivity (Wildman–Crippen MR) is 76.2 cm³/mol. The first kappa shape index (κ1) is 13.6. The number of hydrogen-bond donors (Lipinski definition) is 2. The van der Waals surface area contributed by atoms with Crippen LogP contribution in [0.2, 0.25) is 0 Å². The average molecular weight is 287 g/mol. The third-order valence-electron chi connectivity index (χ3n) is 4.05. The van der Waals surface area contributed by atoms with Crippen LogP contribution in [0, 0.1) is 12.8 Å². The minimum Gasteiger partial charge on any atom is -0.481 e. The van der Waals surface area contributed by atoms with Gasteiger partial charge in [0.2, 0.25) is 0 Å². The van der Waals surface area contributed by atoms with Crippen molar-refractivity contribution < 1.29 is 14.7 Å². The molecule has 6 heteroatoms. The van der Waals surface area contributed by atoms with Crippen molar-refractivity contribution in [2.45, 2.75) is 32.2 Å². The Morgan fingerprint density at radius 2 is 2.19 bits per heavy atom. The zero-order valence-electron chi connectivity index (χ0n) is 11.7. The van der Waals surface area contributed by atoms with E-state index >= 15 is 0 Å². The van der Waals surface area contributed by atoms with E-state index in [0.29, 0.717) is 25.0 Å². The number of aliphatic carboxylic acids is 1. The Bertz CT molecular complexity index is 707. The molecule has 110 valence electrons. The lowest BCUT2D eigenvalue weighted by atomic mass is 10.1. The van der Waals surface area contributed by atoms with Gasteiger partial charge in [-0.2, -0.15) is 0 Å². The van der Waals surface area contributed by atoms with Gasteiger partial charge in [0.1, 0.15) is 11.3 Å². The summed E-state index contributed by atoms with van der Waals surface area (Å²) in [7, 11) is 0. The van der Waals surface area contributed by atoms with Crippen molar-refractivity contribution in [2.75, 3.05) is 0 Å². The van der Waals surface area contributed by atoms with Crippen LogP contribution in [-0.4, -0.2) is 32.4 Å². The number of pyridine rings is 1. The molecule has 0 radical (unpaired) electrons. The molecule has 2 heterocycles. The van der Waals surface area contributed by atoms with Crippen LogP contribution in [0.5, 0.6) is 0 Å². The van der Waals surface area contributed by atoms with Crippen LogP contribution < -0.4 is 5.32 Å². The van der Waals surface area contributed by atoms with E-state index in [2.05, 4.69) is 10.3 Å². The first-order valence-corrected chi connectivity index (χ1v) is 7.03. The van der Waals surface area contributed by atoms with E-state index < -0.39 is 5.97 Å². The van der Waals surface area contributed by atoms with Crippen molar-refractivity contribution in [3.8, 4) is 0 Å². The number of nitrogens with zero attached hydrogens (tertiary/aromatic N) is 2. The molecule has 0 aliphatic heterocycles. The maximum absolute atomic E-state index is 12.2. The second-order valence-electron chi connectivity index (χ2n) is 5.54. The van der Waals surface area contributed by atoms with E-state index in [9.17, 15) is 9.59 Å². The summed E-state index contributed by atoms with van der Waals surface area (Å²) in [5, 5.41) is 11.9. The molecule has 3 rings (SSSR count). The number of carbonyl (C=O) groups is 2. The number of carboxylic acids is 1. The van der Waals surface area contributed by atoms with Crippen molar-refractivity contribution in [1.29, 1.82) is 0 Å². The summed E-state index contributed by atoms with van der Waals surface area (Å²) in [5.41, 5.74) is 2.10. The molecule has 0 spiro atoms. The van der Waals surface area contributed by atoms with Crippen LogP contribution in [0.25, 0.3) is 5.65 Å². The second kappa shape index (κ2) is 5.20. The Hall–Kier alpha value is -2.37. The van der Waals surface area contributed by atoms with Crippen molar-refractivity contribution in [2.24, 2.45) is 5.92 Å². The number of nitrogens with one attached hydrogen (secondary N) is 1. The van der Waals surface area contributed by atoms with Crippen LogP contribution in [-0.2, 0) is 4.79 Å². The van der Waals surface area contributed by atoms with Gasteiger partial charge in [-0.25, -0.2) is 4.98 Å². The molecule has 1 aliphatic carbocycles. The van der Waals surface area contributed by atoms with E-state index in [4.69, 9.17) is 5.11 Å². The van der Waals surface area contributed by atoms with Crippen LogP contribution in [0.15, 0.2) is 24.4 Å². The molecular formula is C15H17N3O3. The molecule has 1 amide bonds. The predicted octanol–water partition coefficient (Wildman–Crippen LogP) is 1.63. The van der Waals surface area contributed by atoms with Crippen LogP contribution in [0.4, 0.5) is 0 Å². The number of aromatic nitrogens is 2. The highest BCUT2D eigenvalue weighted by atomic mass is 16.4. The largest absolute Gasteiger partial charge is 0.481 e. The van der Waals surface area contributed by atoms with E-state index in [1.165, 1.54) is 0 Å². The monoisotopic (exact) mass is 287 g/mol. The van der Waals surface area contributed by atoms with Gasteiger partial charge in [-0.3, -0.25) is 9.59 Å². The minimum atomic E-state index is -0.782. The molecule has 2 N–H and O–H groups in total. The summed E-state index contributed by atoms with van der Waals surface area (Å²) in [6, 6.07) is 5.61. The van der Waals surface area contributed by atoms with Gasteiger partial charge >= 0.3 is 5.97 Å². The first-order valence-electron chi connectivity index (χ1n) is 7.03. The molecule has 1 fully saturated rings. The topological polar surface area (TPSA) is 83.7 Å². The number of amides is 1. The second-order valence-corrected chi connectivity index (χ2v) is 5.54. The van der Waals surface area contributed by atoms with Gasteiger partial charge in [0, 0.05) is 17.9 Å². The van der Waals surface area contributed by atoms with Crippen molar-refractivity contribution in [1.82, 2.24) is 14.7 Å². The summed E-state index contributed by atoms with van der Waals surface area (Å²) >= 11 is 0. The molecule has 0 unspecified atom stereocenters. The lowest BCUT2D eigenvalue weighted by Crippen LogP contribution is -2.33. The number of carbonyl (C=O) groups excluding carboxylic acids is 1. The number of aryl methyl sites for hydroxylation is 1. The Morgan fingerprint density at radius 3 is 2.86 bits per heavy atom. The zero-order valence-corrected chi connectivity index (χ0v) is 11.7. The smallest absolute Gasteiger partial charge is 0.306 e. The SMILES string of the molecule is Cc1cccc2nc(C(=O)N[C@H]3CC[C@@H](C(=O)O)C3)cn12. The highest BCUT2D eigenvalue weighted by molar-refractivity contribution is 5.93. The number of rotatable bonds is 3. The Balaban J connectivity index is 1.73. The maximum Gasteiger partial charge on any atom is 0.306 e. The highest BCUT2D eigenvalue weighted by Crippen LogP contribution is 2.25. The van der Waals surface area contributed by atoms with E-state index in [0.717, 1.165) is 11.3 Å². The van der Waals surface area contributed by atoms with Crippen molar-refractivity contribution in [3.05, 3.63) is 35.8 Å². The van der Waals surface area contributed by atoms with E-state index in [1.807, 2.05) is 29.5 Å². The molecule has 0 bridgehead atoms. The molecular weight excluding hydrogens is 270 g/mol. The van der Waals surface area contributed by atoms with E-state index in [1.54, 1.807) is 6.20 Å². The van der Waals surface area contributed by atoms with Gasteiger partial charge in [0.15, 0.2) is 0 Å². The molecule has 2 aromatic heterocycles. The Kier molecular flexibility index (Phi) is 3.37. The first-order chi connectivity index (χ1) is 10.0. The van der Waals surface area contributed by atoms with E-state index in [-0.39, 0.29) is 17.9 Å². The number of hydrogen-bond acceptors (Lipinski definition) is 3. The summed E-state index contributed by atoms with van der Waals surface area (Å²) in [6.07, 6.45) is 3.52. The van der Waals surface area contributed by atoms with Gasteiger partial charge < -0.3 is 14.8 Å².